The van der Waals surface area contributed by atoms with Gasteiger partial charge in [0.15, 0.2) is 0 Å². The maximum atomic E-state index is 13.0. The second-order valence-electron chi connectivity index (χ2n) is 3.67. The van der Waals surface area contributed by atoms with Crippen molar-refractivity contribution in [2.24, 2.45) is 0 Å². The highest BCUT2D eigenvalue weighted by Crippen LogP contribution is 2.25. The zero-order valence-corrected chi connectivity index (χ0v) is 9.98. The number of amides is 1. The Labute approximate surface area is 108 Å². The van der Waals surface area contributed by atoms with Gasteiger partial charge in [-0.2, -0.15) is 4.39 Å². The molecule has 0 saturated heterocycles. The lowest BCUT2D eigenvalue weighted by Gasteiger charge is -2.09. The van der Waals surface area contributed by atoms with Gasteiger partial charge in [-0.05, 0) is 24.3 Å². The summed E-state index contributed by atoms with van der Waals surface area (Å²) in [6.45, 7) is 0. The van der Waals surface area contributed by atoms with Crippen molar-refractivity contribution in [1.29, 1.82) is 0 Å². The second-order valence-corrected chi connectivity index (χ2v) is 3.67. The van der Waals surface area contributed by atoms with E-state index in [0.717, 1.165) is 18.3 Å². The lowest BCUT2D eigenvalue weighted by molar-refractivity contribution is 0.102. The van der Waals surface area contributed by atoms with Gasteiger partial charge in [-0.25, -0.2) is 9.37 Å². The van der Waals surface area contributed by atoms with Crippen molar-refractivity contribution in [3.05, 3.63) is 53.9 Å². The molecule has 0 bridgehead atoms. The molecule has 6 heteroatoms. The van der Waals surface area contributed by atoms with Crippen molar-refractivity contribution in [1.82, 2.24) is 4.98 Å². The topological polar surface area (TPSA) is 51.2 Å². The standard InChI is InChI=1S/C13H10F2N2O2/c1-19-11-6-9(14)3-4-10(11)17-13(18)8-2-5-12(15)16-7-8/h2-7H,1H3,(H,17,18). The van der Waals surface area contributed by atoms with Gasteiger partial charge in [0, 0.05) is 12.3 Å². The number of anilines is 1. The third-order valence-electron chi connectivity index (χ3n) is 2.40. The average Bonchev–Trinajstić information content (AvgIpc) is 2.41. The Morgan fingerprint density at radius 2 is 2.05 bits per heavy atom. The quantitative estimate of drug-likeness (QED) is 0.867. The first-order valence-corrected chi connectivity index (χ1v) is 5.36. The van der Waals surface area contributed by atoms with Crippen molar-refractivity contribution in [3.63, 3.8) is 0 Å². The molecule has 2 aromatic rings. The van der Waals surface area contributed by atoms with Gasteiger partial charge < -0.3 is 10.1 Å². The summed E-state index contributed by atoms with van der Waals surface area (Å²) in [5, 5.41) is 2.53. The molecule has 0 aliphatic carbocycles. The summed E-state index contributed by atoms with van der Waals surface area (Å²) in [5.41, 5.74) is 0.506. The summed E-state index contributed by atoms with van der Waals surface area (Å²) in [7, 11) is 1.36. The number of carbonyl (C=O) groups excluding carboxylic acids is 1. The van der Waals surface area contributed by atoms with E-state index in [1.807, 2.05) is 0 Å². The molecule has 19 heavy (non-hydrogen) atoms. The van der Waals surface area contributed by atoms with Crippen molar-refractivity contribution >= 4 is 11.6 Å². The number of methoxy groups -OCH3 is 1. The Balaban J connectivity index is 2.21. The van der Waals surface area contributed by atoms with Gasteiger partial charge in [0.25, 0.3) is 5.91 Å². The largest absolute Gasteiger partial charge is 0.494 e. The third kappa shape index (κ3) is 3.04. The summed E-state index contributed by atoms with van der Waals surface area (Å²) in [6, 6.07) is 6.10. The van der Waals surface area contributed by atoms with Crippen LogP contribution in [0.25, 0.3) is 0 Å². The molecule has 1 heterocycles. The van der Waals surface area contributed by atoms with Gasteiger partial charge in [0.2, 0.25) is 5.95 Å². The Hall–Kier alpha value is -2.50. The molecule has 0 aliphatic heterocycles. The van der Waals surface area contributed by atoms with Crippen molar-refractivity contribution < 1.29 is 18.3 Å². The fraction of sp³-hybridized carbons (Fsp3) is 0.0769. The highest BCUT2D eigenvalue weighted by Gasteiger charge is 2.11. The molecule has 0 radical (unpaired) electrons. The predicted molar refractivity (Wildman–Crippen MR) is 65.1 cm³/mol. The van der Waals surface area contributed by atoms with E-state index in [-0.39, 0.29) is 11.3 Å². The van der Waals surface area contributed by atoms with Crippen molar-refractivity contribution in [2.75, 3.05) is 12.4 Å². The SMILES string of the molecule is COc1cc(F)ccc1NC(=O)c1ccc(F)nc1. The highest BCUT2D eigenvalue weighted by atomic mass is 19.1. The van der Waals surface area contributed by atoms with E-state index < -0.39 is 17.7 Å². The summed E-state index contributed by atoms with van der Waals surface area (Å²) < 4.78 is 30.6. The van der Waals surface area contributed by atoms with Crippen LogP contribution in [-0.2, 0) is 0 Å². The van der Waals surface area contributed by atoms with Gasteiger partial charge in [0.1, 0.15) is 11.6 Å². The lowest BCUT2D eigenvalue weighted by atomic mass is 10.2. The summed E-state index contributed by atoms with van der Waals surface area (Å²) >= 11 is 0. The number of benzene rings is 1. The molecule has 0 aliphatic rings. The number of rotatable bonds is 3. The predicted octanol–water partition coefficient (Wildman–Crippen LogP) is 2.62. The number of halogens is 2. The van der Waals surface area contributed by atoms with Crippen LogP contribution >= 0.6 is 0 Å². The molecule has 0 saturated carbocycles. The third-order valence-corrected chi connectivity index (χ3v) is 2.40. The maximum Gasteiger partial charge on any atom is 0.257 e. The first kappa shape index (κ1) is 12.9. The van der Waals surface area contributed by atoms with Crippen LogP contribution in [0.1, 0.15) is 10.4 Å². The normalized spacial score (nSPS) is 10.1. The Morgan fingerprint density at radius 1 is 1.26 bits per heavy atom. The monoisotopic (exact) mass is 264 g/mol. The summed E-state index contributed by atoms with van der Waals surface area (Å²) in [5.74, 6) is -1.44. The molecule has 0 unspecified atom stereocenters. The molecule has 98 valence electrons. The lowest BCUT2D eigenvalue weighted by Crippen LogP contribution is -2.13. The molecular weight excluding hydrogens is 254 g/mol. The number of hydrogen-bond acceptors (Lipinski definition) is 3. The van der Waals surface area contributed by atoms with Crippen LogP contribution in [0.2, 0.25) is 0 Å². The molecule has 1 amide bonds. The molecule has 1 aromatic heterocycles. The van der Waals surface area contributed by atoms with Crippen molar-refractivity contribution in [3.8, 4) is 5.75 Å². The minimum absolute atomic E-state index is 0.188. The van der Waals surface area contributed by atoms with E-state index in [2.05, 4.69) is 10.3 Å². The molecular formula is C13H10F2N2O2. The first-order valence-electron chi connectivity index (χ1n) is 5.36. The van der Waals surface area contributed by atoms with Crippen LogP contribution in [0.3, 0.4) is 0 Å². The van der Waals surface area contributed by atoms with Gasteiger partial charge in [-0.15, -0.1) is 0 Å². The molecule has 1 N–H and O–H groups in total. The van der Waals surface area contributed by atoms with Crippen LogP contribution in [0.5, 0.6) is 5.75 Å². The van der Waals surface area contributed by atoms with Crippen LogP contribution in [-0.4, -0.2) is 18.0 Å². The molecule has 2 rings (SSSR count). The zero-order chi connectivity index (χ0) is 13.8. The number of pyridine rings is 1. The number of hydrogen-bond donors (Lipinski definition) is 1. The molecule has 4 nitrogen and oxygen atoms in total. The van der Waals surface area contributed by atoms with Gasteiger partial charge in [-0.1, -0.05) is 0 Å². The molecule has 0 atom stereocenters. The van der Waals surface area contributed by atoms with Gasteiger partial charge in [0.05, 0.1) is 18.4 Å². The minimum Gasteiger partial charge on any atom is -0.494 e. The minimum atomic E-state index is -0.670. The van der Waals surface area contributed by atoms with E-state index in [9.17, 15) is 13.6 Å². The van der Waals surface area contributed by atoms with Crippen LogP contribution in [0.15, 0.2) is 36.5 Å². The highest BCUT2D eigenvalue weighted by molar-refractivity contribution is 6.04. The second kappa shape index (κ2) is 5.43. The molecule has 1 aromatic carbocycles. The Morgan fingerprint density at radius 3 is 2.68 bits per heavy atom. The number of nitrogens with one attached hydrogen (secondary N) is 1. The fourth-order valence-electron chi connectivity index (χ4n) is 1.47. The van der Waals surface area contributed by atoms with Crippen LogP contribution in [0.4, 0.5) is 14.5 Å². The molecule has 0 spiro atoms. The van der Waals surface area contributed by atoms with Gasteiger partial charge in [-0.3, -0.25) is 4.79 Å². The zero-order valence-electron chi connectivity index (χ0n) is 9.98. The van der Waals surface area contributed by atoms with E-state index in [0.29, 0.717) is 5.69 Å². The Bertz CT molecular complexity index is 600. The fourth-order valence-corrected chi connectivity index (χ4v) is 1.47. The van der Waals surface area contributed by atoms with E-state index in [1.165, 1.54) is 25.3 Å². The van der Waals surface area contributed by atoms with Crippen LogP contribution < -0.4 is 10.1 Å². The van der Waals surface area contributed by atoms with E-state index in [1.54, 1.807) is 0 Å². The number of carbonyl (C=O) groups is 1. The molecule has 0 fully saturated rings. The first-order chi connectivity index (χ1) is 9.10. The Kier molecular flexibility index (Phi) is 3.70. The number of ether oxygens (including phenoxy) is 1. The smallest absolute Gasteiger partial charge is 0.257 e. The number of aromatic nitrogens is 1. The van der Waals surface area contributed by atoms with Crippen LogP contribution in [0, 0.1) is 11.8 Å². The number of nitrogens with zero attached hydrogens (tertiary/aromatic N) is 1. The van der Waals surface area contributed by atoms with Gasteiger partial charge >= 0.3 is 0 Å². The van der Waals surface area contributed by atoms with Crippen molar-refractivity contribution in [2.45, 2.75) is 0 Å². The summed E-state index contributed by atoms with van der Waals surface area (Å²) in [4.78, 5) is 15.2. The maximum absolute atomic E-state index is 13.0. The van der Waals surface area contributed by atoms with E-state index >= 15 is 0 Å². The van der Waals surface area contributed by atoms with E-state index in [4.69, 9.17) is 4.74 Å². The average molecular weight is 264 g/mol. The summed E-state index contributed by atoms with van der Waals surface area (Å²) in [6.07, 6.45) is 1.11.